The summed E-state index contributed by atoms with van der Waals surface area (Å²) in [6, 6.07) is 27.4. The van der Waals surface area contributed by atoms with E-state index < -0.39 is 0 Å². The lowest BCUT2D eigenvalue weighted by Crippen LogP contribution is -2.26. The van der Waals surface area contributed by atoms with Crippen LogP contribution in [0.2, 0.25) is 0 Å². The quantitative estimate of drug-likeness (QED) is 0.0561. The van der Waals surface area contributed by atoms with Crippen LogP contribution in [0.15, 0.2) is 84.9 Å². The Morgan fingerprint density at radius 3 is 1.29 bits per heavy atom. The predicted molar refractivity (Wildman–Crippen MR) is 200 cm³/mol. The summed E-state index contributed by atoms with van der Waals surface area (Å²) in [5, 5.41) is 16.2. The van der Waals surface area contributed by atoms with Crippen molar-refractivity contribution < 1.29 is 19.2 Å². The van der Waals surface area contributed by atoms with E-state index in [1.165, 1.54) is 0 Å². The van der Waals surface area contributed by atoms with Gasteiger partial charge in [-0.2, -0.15) is 0 Å². The molecule has 48 heavy (non-hydrogen) atoms. The van der Waals surface area contributed by atoms with Crippen molar-refractivity contribution in [2.75, 3.05) is 37.7 Å². The van der Waals surface area contributed by atoms with E-state index in [-0.39, 0.29) is 23.6 Å². The van der Waals surface area contributed by atoms with Gasteiger partial charge in [-0.25, -0.2) is 0 Å². The van der Waals surface area contributed by atoms with Gasteiger partial charge in [0.05, 0.1) is 0 Å². The van der Waals surface area contributed by atoms with E-state index in [1.807, 2.05) is 84.9 Å². The van der Waals surface area contributed by atoms with Gasteiger partial charge in [0, 0.05) is 61.7 Å². The standard InChI is InChI=1S/C38H46N4O4S2/c43-35(15-3-1-9-21-41-37(45)33-19-17-29-11-5-7-13-31(29)27-33)39-23-25-47-48-26-24-40-36(44)16-4-2-10-22-42-38(46)34-20-18-30-12-6-8-14-32(30)28-34/h5-8,11-14,17-20,27-28H,1-4,9-10,15-16,21-26H2,(H,39,43)(H,40,44)(H,41,45)(H,42,46). The summed E-state index contributed by atoms with van der Waals surface area (Å²) in [4.78, 5) is 49.0. The van der Waals surface area contributed by atoms with Gasteiger partial charge in [0.2, 0.25) is 11.8 Å². The van der Waals surface area contributed by atoms with E-state index in [4.69, 9.17) is 0 Å². The first-order chi connectivity index (χ1) is 23.5. The number of fused-ring (bicyclic) bond motifs is 2. The lowest BCUT2D eigenvalue weighted by molar-refractivity contribution is -0.121. The van der Waals surface area contributed by atoms with Crippen molar-refractivity contribution in [3.63, 3.8) is 0 Å². The third-order valence-electron chi connectivity index (χ3n) is 7.85. The van der Waals surface area contributed by atoms with Gasteiger partial charge >= 0.3 is 0 Å². The van der Waals surface area contributed by atoms with Gasteiger partial charge < -0.3 is 21.3 Å². The minimum absolute atomic E-state index is 0.0559. The van der Waals surface area contributed by atoms with E-state index in [1.54, 1.807) is 21.6 Å². The molecule has 0 aliphatic rings. The lowest BCUT2D eigenvalue weighted by atomic mass is 10.1. The Hall–Kier alpha value is -4.02. The predicted octanol–water partition coefficient (Wildman–Crippen LogP) is 6.89. The maximum absolute atomic E-state index is 12.4. The Morgan fingerprint density at radius 2 is 0.854 bits per heavy atom. The van der Waals surface area contributed by atoms with Crippen molar-refractivity contribution in [2.24, 2.45) is 0 Å². The van der Waals surface area contributed by atoms with Crippen LogP contribution < -0.4 is 21.3 Å². The smallest absolute Gasteiger partial charge is 0.251 e. The molecular weight excluding hydrogens is 641 g/mol. The monoisotopic (exact) mass is 686 g/mol. The number of amides is 4. The molecular formula is C38H46N4O4S2. The molecule has 4 N–H and O–H groups in total. The first-order valence-corrected chi connectivity index (χ1v) is 19.3. The maximum atomic E-state index is 12.4. The highest BCUT2D eigenvalue weighted by Gasteiger charge is 2.08. The number of unbranched alkanes of at least 4 members (excludes halogenated alkanes) is 4. The Balaban J connectivity index is 0.894. The number of rotatable bonds is 21. The zero-order valence-corrected chi connectivity index (χ0v) is 29.1. The molecule has 10 heteroatoms. The fourth-order valence-corrected chi connectivity index (χ4v) is 7.02. The van der Waals surface area contributed by atoms with Crippen molar-refractivity contribution in [1.29, 1.82) is 0 Å². The van der Waals surface area contributed by atoms with Crippen LogP contribution in [0.3, 0.4) is 0 Å². The number of hydrogen-bond acceptors (Lipinski definition) is 6. The van der Waals surface area contributed by atoms with Crippen LogP contribution in [0, 0.1) is 0 Å². The summed E-state index contributed by atoms with van der Waals surface area (Å²) >= 11 is 0. The molecule has 0 aliphatic heterocycles. The lowest BCUT2D eigenvalue weighted by Gasteiger charge is -2.08. The molecule has 0 saturated heterocycles. The molecule has 0 heterocycles. The number of carbonyl (C=O) groups is 4. The minimum atomic E-state index is -0.0693. The summed E-state index contributed by atoms with van der Waals surface area (Å²) in [5.74, 6) is 1.59. The third kappa shape index (κ3) is 13.2. The van der Waals surface area contributed by atoms with Gasteiger partial charge in [-0.15, -0.1) is 0 Å². The highest BCUT2D eigenvalue weighted by molar-refractivity contribution is 8.76. The summed E-state index contributed by atoms with van der Waals surface area (Å²) in [7, 11) is 3.37. The SMILES string of the molecule is O=C(CCCCCNC(=O)c1ccc2ccccc2c1)NCCSSCCNC(=O)CCCCCNC(=O)c1ccc2ccccc2c1. The van der Waals surface area contributed by atoms with Gasteiger partial charge in [0.1, 0.15) is 0 Å². The Kier molecular flexibility index (Phi) is 16.1. The number of nitrogens with one attached hydrogen (secondary N) is 4. The number of benzene rings is 4. The molecule has 4 rings (SSSR count). The Labute approximate surface area is 291 Å². The second kappa shape index (κ2) is 21.1. The normalized spacial score (nSPS) is 10.9. The van der Waals surface area contributed by atoms with Crippen molar-refractivity contribution in [1.82, 2.24) is 21.3 Å². The minimum Gasteiger partial charge on any atom is -0.355 e. The molecule has 0 bridgehead atoms. The summed E-state index contributed by atoms with van der Waals surface area (Å²) in [6.45, 7) is 2.42. The maximum Gasteiger partial charge on any atom is 0.251 e. The molecule has 0 spiro atoms. The molecule has 0 fully saturated rings. The highest BCUT2D eigenvalue weighted by Crippen LogP contribution is 2.19. The largest absolute Gasteiger partial charge is 0.355 e. The van der Waals surface area contributed by atoms with E-state index >= 15 is 0 Å². The zero-order valence-electron chi connectivity index (χ0n) is 27.4. The fraction of sp³-hybridized carbons (Fsp3) is 0.368. The van der Waals surface area contributed by atoms with Crippen LogP contribution in [0.1, 0.15) is 72.1 Å². The molecule has 0 atom stereocenters. The van der Waals surface area contributed by atoms with Crippen molar-refractivity contribution in [3.05, 3.63) is 96.1 Å². The van der Waals surface area contributed by atoms with Gasteiger partial charge in [-0.05, 0) is 71.5 Å². The first kappa shape index (κ1) is 36.8. The molecule has 0 radical (unpaired) electrons. The number of hydrogen-bond donors (Lipinski definition) is 4. The van der Waals surface area contributed by atoms with Gasteiger partial charge in [-0.1, -0.05) is 95.1 Å². The molecule has 0 saturated carbocycles. The first-order valence-electron chi connectivity index (χ1n) is 16.8. The molecule has 4 aromatic carbocycles. The molecule has 4 aromatic rings. The topological polar surface area (TPSA) is 116 Å². The van der Waals surface area contributed by atoms with E-state index in [9.17, 15) is 19.2 Å². The van der Waals surface area contributed by atoms with Crippen LogP contribution in [-0.4, -0.2) is 61.3 Å². The zero-order chi connectivity index (χ0) is 33.8. The van der Waals surface area contributed by atoms with Crippen LogP contribution in [-0.2, 0) is 9.59 Å². The fourth-order valence-electron chi connectivity index (χ4n) is 5.20. The third-order valence-corrected chi connectivity index (χ3v) is 10.3. The van der Waals surface area contributed by atoms with Crippen LogP contribution in [0.5, 0.6) is 0 Å². The van der Waals surface area contributed by atoms with Crippen LogP contribution in [0.4, 0.5) is 0 Å². The molecule has 4 amide bonds. The molecule has 0 aliphatic carbocycles. The average molecular weight is 687 g/mol. The molecule has 254 valence electrons. The van der Waals surface area contributed by atoms with Crippen molar-refractivity contribution in [2.45, 2.75) is 51.4 Å². The van der Waals surface area contributed by atoms with Crippen molar-refractivity contribution >= 4 is 66.8 Å². The van der Waals surface area contributed by atoms with Crippen molar-refractivity contribution in [3.8, 4) is 0 Å². The molecule has 8 nitrogen and oxygen atoms in total. The van der Waals surface area contributed by atoms with E-state index in [0.29, 0.717) is 50.1 Å². The van der Waals surface area contributed by atoms with Crippen LogP contribution in [0.25, 0.3) is 21.5 Å². The van der Waals surface area contributed by atoms with Gasteiger partial charge in [-0.3, -0.25) is 19.2 Å². The number of carbonyl (C=O) groups excluding carboxylic acids is 4. The van der Waals surface area contributed by atoms with E-state index in [0.717, 1.165) is 71.6 Å². The Bertz CT molecular complexity index is 1530. The van der Waals surface area contributed by atoms with Gasteiger partial charge in [0.25, 0.3) is 11.8 Å². The van der Waals surface area contributed by atoms with Crippen LogP contribution >= 0.6 is 21.6 Å². The molecule has 0 unspecified atom stereocenters. The Morgan fingerprint density at radius 1 is 0.438 bits per heavy atom. The summed E-state index contributed by atoms with van der Waals surface area (Å²) in [6.07, 6.45) is 6.00. The second-order valence-electron chi connectivity index (χ2n) is 11.6. The summed E-state index contributed by atoms with van der Waals surface area (Å²) in [5.41, 5.74) is 1.32. The summed E-state index contributed by atoms with van der Waals surface area (Å²) < 4.78 is 0. The second-order valence-corrected chi connectivity index (χ2v) is 14.3. The van der Waals surface area contributed by atoms with E-state index in [2.05, 4.69) is 21.3 Å². The highest BCUT2D eigenvalue weighted by atomic mass is 33.1. The average Bonchev–Trinajstić information content (AvgIpc) is 3.11. The van der Waals surface area contributed by atoms with Gasteiger partial charge in [0.15, 0.2) is 0 Å². The molecule has 0 aromatic heterocycles.